The van der Waals surface area contributed by atoms with E-state index < -0.39 is 42.4 Å². The Kier molecular flexibility index (Phi) is 23.8. The predicted molar refractivity (Wildman–Crippen MR) is 163 cm³/mol. The normalized spacial score (nSPS) is 13.2. The molecule has 0 spiro atoms. The van der Waals surface area contributed by atoms with Gasteiger partial charge in [0.1, 0.15) is 18.6 Å². The van der Waals surface area contributed by atoms with E-state index in [0.29, 0.717) is 6.42 Å². The zero-order valence-corrected chi connectivity index (χ0v) is 24.9. The Morgan fingerprint density at radius 3 is 1.90 bits per heavy atom. The summed E-state index contributed by atoms with van der Waals surface area (Å²) in [5.74, 6) is -3.95. The first-order chi connectivity index (χ1) is 19.7. The Labute approximate surface area is 248 Å². The van der Waals surface area contributed by atoms with E-state index in [1.807, 2.05) is 12.2 Å². The largest absolute Gasteiger partial charge is 0.480 e. The molecular formula is C30H47N3O7S. The molecule has 0 saturated heterocycles. The van der Waals surface area contributed by atoms with Crippen molar-refractivity contribution in [1.82, 2.24) is 10.6 Å². The Morgan fingerprint density at radius 2 is 1.37 bits per heavy atom. The molecule has 0 radical (unpaired) electrons. The van der Waals surface area contributed by atoms with Crippen LogP contribution in [0.5, 0.6) is 0 Å². The molecule has 0 aromatic heterocycles. The van der Waals surface area contributed by atoms with E-state index in [9.17, 15) is 24.0 Å². The zero-order valence-electron chi connectivity index (χ0n) is 24.1. The second-order valence-corrected chi connectivity index (χ2v) is 10.5. The highest BCUT2D eigenvalue weighted by molar-refractivity contribution is 8.13. The number of hydrogen-bond acceptors (Lipinski definition) is 7. The molecule has 0 bridgehead atoms. The average Bonchev–Trinajstić information content (AvgIpc) is 2.94. The van der Waals surface area contributed by atoms with Crippen molar-refractivity contribution in [1.29, 1.82) is 0 Å². The molecule has 2 unspecified atom stereocenters. The van der Waals surface area contributed by atoms with Gasteiger partial charge < -0.3 is 26.6 Å². The van der Waals surface area contributed by atoms with Crippen LogP contribution >= 0.6 is 11.8 Å². The number of unbranched alkanes of at least 4 members (excludes halogenated alkanes) is 4. The van der Waals surface area contributed by atoms with Gasteiger partial charge in [0.2, 0.25) is 11.8 Å². The number of amides is 2. The van der Waals surface area contributed by atoms with E-state index in [0.717, 1.165) is 43.9 Å². The lowest BCUT2D eigenvalue weighted by Crippen LogP contribution is -2.49. The van der Waals surface area contributed by atoms with Crippen LogP contribution in [-0.2, 0) is 24.0 Å². The quantitative estimate of drug-likeness (QED) is 0.0808. The molecule has 0 aromatic rings. The number of carboxylic acid groups (broad SMARTS) is 2. The molecule has 11 heteroatoms. The van der Waals surface area contributed by atoms with Crippen LogP contribution in [0, 0.1) is 0 Å². The lowest BCUT2D eigenvalue weighted by atomic mass is 10.1. The van der Waals surface area contributed by atoms with E-state index >= 15 is 0 Å². The second kappa shape index (κ2) is 25.8. The molecule has 0 aliphatic heterocycles. The zero-order chi connectivity index (χ0) is 30.7. The van der Waals surface area contributed by atoms with Gasteiger partial charge in [-0.2, -0.15) is 0 Å². The van der Waals surface area contributed by atoms with Gasteiger partial charge in [0.05, 0.1) is 0 Å². The molecule has 230 valence electrons. The Morgan fingerprint density at radius 1 is 0.805 bits per heavy atom. The number of aliphatic carboxylic acids is 2. The van der Waals surface area contributed by atoms with Gasteiger partial charge in [0.15, 0.2) is 5.12 Å². The maximum absolute atomic E-state index is 12.3. The first-order valence-electron chi connectivity index (χ1n) is 14.2. The molecule has 2 amide bonds. The van der Waals surface area contributed by atoms with Gasteiger partial charge >= 0.3 is 11.9 Å². The van der Waals surface area contributed by atoms with Crippen molar-refractivity contribution in [2.45, 2.75) is 96.1 Å². The fourth-order valence-corrected chi connectivity index (χ4v) is 4.19. The summed E-state index contributed by atoms with van der Waals surface area (Å²) in [7, 11) is 0. The number of carboxylic acids is 2. The first kappa shape index (κ1) is 37.8. The highest BCUT2D eigenvalue weighted by Gasteiger charge is 2.23. The molecule has 0 aromatic carbocycles. The third-order valence-electron chi connectivity index (χ3n) is 5.69. The molecule has 0 aliphatic rings. The number of hydrogen-bond donors (Lipinski definition) is 5. The van der Waals surface area contributed by atoms with E-state index in [1.54, 1.807) is 0 Å². The van der Waals surface area contributed by atoms with Crippen molar-refractivity contribution in [2.24, 2.45) is 5.73 Å². The SMILES string of the molecule is CCCCC/C=C/C/C=C/C/C=C/C/C=C/CCCC(=O)SCC(NC(=O)CCC(N)C(=O)O)C(=O)NCC(=O)O. The van der Waals surface area contributed by atoms with Crippen LogP contribution < -0.4 is 16.4 Å². The van der Waals surface area contributed by atoms with Crippen LogP contribution in [0.25, 0.3) is 0 Å². The molecule has 0 saturated carbocycles. The average molecular weight is 594 g/mol. The van der Waals surface area contributed by atoms with Crippen molar-refractivity contribution < 1.29 is 34.2 Å². The Hall–Kier alpha value is -3.18. The van der Waals surface area contributed by atoms with Gasteiger partial charge in [-0.1, -0.05) is 80.1 Å². The van der Waals surface area contributed by atoms with Crippen molar-refractivity contribution >= 4 is 40.6 Å². The minimum atomic E-state index is -1.25. The summed E-state index contributed by atoms with van der Waals surface area (Å²) >= 11 is 0.880. The fraction of sp³-hybridized carbons (Fsp3) is 0.567. The summed E-state index contributed by atoms with van der Waals surface area (Å²) in [5, 5.41) is 22.0. The molecule has 0 aliphatic carbocycles. The van der Waals surface area contributed by atoms with Crippen molar-refractivity contribution in [2.75, 3.05) is 12.3 Å². The van der Waals surface area contributed by atoms with Gasteiger partial charge in [-0.05, 0) is 51.4 Å². The molecule has 41 heavy (non-hydrogen) atoms. The molecule has 2 atom stereocenters. The Bertz CT molecular complexity index is 916. The topological polar surface area (TPSA) is 176 Å². The van der Waals surface area contributed by atoms with Gasteiger partial charge in [-0.3, -0.25) is 24.0 Å². The lowest BCUT2D eigenvalue weighted by molar-refractivity contribution is -0.139. The monoisotopic (exact) mass is 593 g/mol. The van der Waals surface area contributed by atoms with Crippen molar-refractivity contribution in [3.63, 3.8) is 0 Å². The number of nitrogens with two attached hydrogens (primary N) is 1. The highest BCUT2D eigenvalue weighted by atomic mass is 32.2. The molecule has 0 fully saturated rings. The summed E-state index contributed by atoms with van der Waals surface area (Å²) in [6.07, 6.45) is 26.0. The number of thioether (sulfide) groups is 1. The van der Waals surface area contributed by atoms with Crippen LogP contribution in [0.4, 0.5) is 0 Å². The number of nitrogens with one attached hydrogen (secondary N) is 2. The van der Waals surface area contributed by atoms with Crippen LogP contribution in [0.15, 0.2) is 48.6 Å². The fourth-order valence-electron chi connectivity index (χ4n) is 3.32. The summed E-state index contributed by atoms with van der Waals surface area (Å²) in [6, 6.07) is -2.37. The first-order valence-corrected chi connectivity index (χ1v) is 15.2. The summed E-state index contributed by atoms with van der Waals surface area (Å²) in [4.78, 5) is 58.3. The summed E-state index contributed by atoms with van der Waals surface area (Å²) in [5.41, 5.74) is 5.39. The summed E-state index contributed by atoms with van der Waals surface area (Å²) < 4.78 is 0. The van der Waals surface area contributed by atoms with Crippen LogP contribution in [0.3, 0.4) is 0 Å². The highest BCUT2D eigenvalue weighted by Crippen LogP contribution is 2.12. The standard InChI is InChI=1S/C30H47N3O7S/c1-2-3-4-5-6-7-8-9-10-11-12-13-14-15-16-17-18-19-28(37)41-23-25(29(38)32-22-27(35)36)33-26(34)21-20-24(31)30(39)40/h6-7,9-10,12-13,15-16,24-25H,2-5,8,11,14,17-23,31H2,1H3,(H,32,38)(H,33,34)(H,35,36)(H,39,40)/b7-6+,10-9+,13-12+,16-15+. The molecular weight excluding hydrogens is 546 g/mol. The minimum Gasteiger partial charge on any atom is -0.480 e. The van der Waals surface area contributed by atoms with Gasteiger partial charge in [0.25, 0.3) is 0 Å². The lowest BCUT2D eigenvalue weighted by Gasteiger charge is -2.18. The molecule has 0 rings (SSSR count). The number of rotatable bonds is 24. The molecule has 10 nitrogen and oxygen atoms in total. The third kappa shape index (κ3) is 24.3. The molecule has 0 heterocycles. The van der Waals surface area contributed by atoms with Gasteiger partial charge in [0, 0.05) is 18.6 Å². The minimum absolute atomic E-state index is 0.0780. The van der Waals surface area contributed by atoms with Crippen LogP contribution in [0.2, 0.25) is 0 Å². The van der Waals surface area contributed by atoms with E-state index in [4.69, 9.17) is 15.9 Å². The molecule has 6 N–H and O–H groups in total. The number of carbonyl (C=O) groups excluding carboxylic acids is 3. The maximum Gasteiger partial charge on any atom is 0.322 e. The predicted octanol–water partition coefficient (Wildman–Crippen LogP) is 4.27. The van der Waals surface area contributed by atoms with Crippen molar-refractivity contribution in [3.05, 3.63) is 48.6 Å². The number of carbonyl (C=O) groups is 5. The van der Waals surface area contributed by atoms with E-state index in [1.165, 1.54) is 19.3 Å². The maximum atomic E-state index is 12.3. The number of allylic oxidation sites excluding steroid dienone is 8. The smallest absolute Gasteiger partial charge is 0.322 e. The van der Waals surface area contributed by atoms with Crippen LogP contribution in [-0.4, -0.2) is 63.5 Å². The van der Waals surface area contributed by atoms with E-state index in [2.05, 4.69) is 54.0 Å². The third-order valence-corrected chi connectivity index (χ3v) is 6.71. The van der Waals surface area contributed by atoms with Gasteiger partial charge in [-0.15, -0.1) is 0 Å². The second-order valence-electron chi connectivity index (χ2n) is 9.38. The Balaban J connectivity index is 4.27. The van der Waals surface area contributed by atoms with E-state index in [-0.39, 0.29) is 30.1 Å². The van der Waals surface area contributed by atoms with Crippen molar-refractivity contribution in [3.8, 4) is 0 Å². The summed E-state index contributed by atoms with van der Waals surface area (Å²) in [6.45, 7) is 1.57. The van der Waals surface area contributed by atoms with Crippen LogP contribution in [0.1, 0.15) is 84.0 Å². The van der Waals surface area contributed by atoms with Gasteiger partial charge in [-0.25, -0.2) is 0 Å².